The number of nitrogens with zero attached hydrogens (tertiary/aromatic N) is 3. The minimum Gasteiger partial charge on any atom is -0.332 e. The molecule has 0 saturated carbocycles. The fourth-order valence-corrected chi connectivity index (χ4v) is 4.55. The van der Waals surface area contributed by atoms with Crippen molar-refractivity contribution in [2.45, 2.75) is 44.8 Å². The number of hydrogen-bond donors (Lipinski definition) is 0. The van der Waals surface area contributed by atoms with Gasteiger partial charge in [-0.25, -0.2) is 0 Å². The van der Waals surface area contributed by atoms with Gasteiger partial charge in [-0.1, -0.05) is 29.3 Å². The maximum Gasteiger partial charge on any atom is 0.248 e. The molecule has 2 fully saturated rings. The third kappa shape index (κ3) is 2.35. The second-order valence-electron chi connectivity index (χ2n) is 7.36. The fourth-order valence-electron chi connectivity index (χ4n) is 4.24. The van der Waals surface area contributed by atoms with Crippen molar-refractivity contribution < 1.29 is 9.59 Å². The number of carbonyl (C=O) groups excluding carboxylic acids is 2. The SMILES string of the molecule is CC1C(=O)N2[C@@H](c3ccc(Cl)c(Cl)c3)[C@@](C)(C#N)CC2(C)C(=O)N1C. The number of hydrogen-bond acceptors (Lipinski definition) is 3. The quantitative estimate of drug-likeness (QED) is 0.750. The lowest BCUT2D eigenvalue weighted by molar-refractivity contribution is -0.166. The van der Waals surface area contributed by atoms with Crippen LogP contribution in [0, 0.1) is 16.7 Å². The third-order valence-corrected chi connectivity index (χ3v) is 6.32. The lowest BCUT2D eigenvalue weighted by Gasteiger charge is -2.47. The Balaban J connectivity index is 2.22. The lowest BCUT2D eigenvalue weighted by Crippen LogP contribution is -2.66. The first-order valence-electron chi connectivity index (χ1n) is 8.03. The molecule has 0 N–H and O–H groups in total. The zero-order chi connectivity index (χ0) is 18.7. The van der Waals surface area contributed by atoms with Gasteiger partial charge in [0.2, 0.25) is 11.8 Å². The van der Waals surface area contributed by atoms with Crippen LogP contribution in [0.3, 0.4) is 0 Å². The molecule has 5 nitrogen and oxygen atoms in total. The number of halogens is 2. The smallest absolute Gasteiger partial charge is 0.248 e. The van der Waals surface area contributed by atoms with Gasteiger partial charge in [0, 0.05) is 13.5 Å². The van der Waals surface area contributed by atoms with E-state index in [2.05, 4.69) is 6.07 Å². The number of piperazine rings is 1. The summed E-state index contributed by atoms with van der Waals surface area (Å²) in [5, 5.41) is 10.6. The Morgan fingerprint density at radius 2 is 1.88 bits per heavy atom. The molecule has 4 atom stereocenters. The summed E-state index contributed by atoms with van der Waals surface area (Å²) < 4.78 is 0. The molecule has 2 heterocycles. The van der Waals surface area contributed by atoms with E-state index in [4.69, 9.17) is 23.2 Å². The minimum atomic E-state index is -1.06. The monoisotopic (exact) mass is 379 g/mol. The van der Waals surface area contributed by atoms with E-state index in [1.165, 1.54) is 4.90 Å². The van der Waals surface area contributed by atoms with Crippen molar-refractivity contribution >= 4 is 35.0 Å². The van der Waals surface area contributed by atoms with Gasteiger partial charge >= 0.3 is 0 Å². The highest BCUT2D eigenvalue weighted by Crippen LogP contribution is 2.56. The summed E-state index contributed by atoms with van der Waals surface area (Å²) in [7, 11) is 1.63. The van der Waals surface area contributed by atoms with E-state index >= 15 is 0 Å². The molecule has 2 unspecified atom stereocenters. The number of likely N-dealkylation sites (N-methyl/N-ethyl adjacent to an activating group) is 1. The molecule has 3 rings (SSSR count). The van der Waals surface area contributed by atoms with Crippen LogP contribution < -0.4 is 0 Å². The van der Waals surface area contributed by atoms with Crippen molar-refractivity contribution in [2.75, 3.05) is 7.05 Å². The number of benzene rings is 1. The summed E-state index contributed by atoms with van der Waals surface area (Å²) in [5.41, 5.74) is -1.26. The summed E-state index contributed by atoms with van der Waals surface area (Å²) in [6.07, 6.45) is 0.267. The highest BCUT2D eigenvalue weighted by atomic mass is 35.5. The summed E-state index contributed by atoms with van der Waals surface area (Å²) in [5.74, 6) is -0.316. The van der Waals surface area contributed by atoms with Crippen LogP contribution in [-0.4, -0.2) is 40.2 Å². The molecule has 0 bridgehead atoms. The van der Waals surface area contributed by atoms with E-state index in [9.17, 15) is 14.9 Å². The maximum absolute atomic E-state index is 13.1. The Hall–Kier alpha value is -1.77. The summed E-state index contributed by atoms with van der Waals surface area (Å²) in [6.45, 7) is 5.23. The fraction of sp³-hybridized carbons (Fsp3) is 0.500. The number of rotatable bonds is 1. The van der Waals surface area contributed by atoms with Crippen LogP contribution in [0.5, 0.6) is 0 Å². The van der Waals surface area contributed by atoms with Gasteiger partial charge < -0.3 is 9.80 Å². The van der Waals surface area contributed by atoms with Gasteiger partial charge in [-0.3, -0.25) is 9.59 Å². The van der Waals surface area contributed by atoms with Gasteiger partial charge in [0.1, 0.15) is 11.6 Å². The van der Waals surface area contributed by atoms with Crippen LogP contribution in [0.15, 0.2) is 18.2 Å². The Morgan fingerprint density at radius 1 is 1.24 bits per heavy atom. The molecule has 0 radical (unpaired) electrons. The van der Waals surface area contributed by atoms with E-state index in [0.717, 1.165) is 0 Å². The average molecular weight is 380 g/mol. The first-order valence-corrected chi connectivity index (χ1v) is 8.79. The Morgan fingerprint density at radius 3 is 2.44 bits per heavy atom. The van der Waals surface area contributed by atoms with Crippen LogP contribution in [0.2, 0.25) is 10.0 Å². The minimum absolute atomic E-state index is 0.149. The van der Waals surface area contributed by atoms with Crippen molar-refractivity contribution in [1.29, 1.82) is 5.26 Å². The van der Waals surface area contributed by atoms with Gasteiger partial charge in [0.05, 0.1) is 27.6 Å². The Labute approximate surface area is 157 Å². The standard InChI is InChI=1S/C18H19Cl2N3O2/c1-10-15(24)23-14(11-5-6-12(19)13(20)7-11)17(2,9-21)8-18(23,3)16(25)22(10)4/h5-7,10,14H,8H2,1-4H3/t10?,14-,17+,18?/m0/s1. The Kier molecular flexibility index (Phi) is 4.05. The second kappa shape index (κ2) is 5.62. The van der Waals surface area contributed by atoms with Gasteiger partial charge in [0.15, 0.2) is 0 Å². The molecule has 2 aliphatic rings. The second-order valence-corrected chi connectivity index (χ2v) is 8.17. The number of carbonyl (C=O) groups is 2. The van der Waals surface area contributed by atoms with Gasteiger partial charge in [-0.2, -0.15) is 5.26 Å². The van der Waals surface area contributed by atoms with Crippen LogP contribution in [0.4, 0.5) is 0 Å². The molecule has 7 heteroatoms. The van der Waals surface area contributed by atoms with Crippen LogP contribution in [-0.2, 0) is 9.59 Å². The first-order chi connectivity index (χ1) is 11.6. The van der Waals surface area contributed by atoms with Crippen molar-refractivity contribution in [1.82, 2.24) is 9.80 Å². The van der Waals surface area contributed by atoms with Gasteiger partial charge in [0.25, 0.3) is 0 Å². The van der Waals surface area contributed by atoms with Crippen LogP contribution >= 0.6 is 23.2 Å². The molecule has 1 aromatic carbocycles. The van der Waals surface area contributed by atoms with Crippen LogP contribution in [0.1, 0.15) is 38.8 Å². The zero-order valence-corrected chi connectivity index (χ0v) is 16.0. The molecule has 2 amide bonds. The van der Waals surface area contributed by atoms with Crippen molar-refractivity contribution in [2.24, 2.45) is 5.41 Å². The molecule has 1 aromatic rings. The Bertz CT molecular complexity index is 821. The molecule has 0 aromatic heterocycles. The van der Waals surface area contributed by atoms with Crippen molar-refractivity contribution in [3.63, 3.8) is 0 Å². The summed E-state index contributed by atoms with van der Waals surface area (Å²) in [4.78, 5) is 29.1. The lowest BCUT2D eigenvalue weighted by atomic mass is 9.77. The van der Waals surface area contributed by atoms with E-state index in [1.54, 1.807) is 50.9 Å². The molecule has 2 aliphatic heterocycles. The molecule has 2 saturated heterocycles. The van der Waals surface area contributed by atoms with Gasteiger partial charge in [-0.15, -0.1) is 0 Å². The molecule has 25 heavy (non-hydrogen) atoms. The topological polar surface area (TPSA) is 64.4 Å². The number of nitriles is 1. The van der Waals surface area contributed by atoms with Crippen molar-refractivity contribution in [3.8, 4) is 6.07 Å². The van der Waals surface area contributed by atoms with E-state index in [0.29, 0.717) is 15.6 Å². The normalized spacial score (nSPS) is 34.9. The highest BCUT2D eigenvalue weighted by molar-refractivity contribution is 6.42. The molecule has 0 spiro atoms. The first kappa shape index (κ1) is 18.0. The average Bonchev–Trinajstić information content (AvgIpc) is 2.83. The maximum atomic E-state index is 13.1. The number of amides is 2. The predicted molar refractivity (Wildman–Crippen MR) is 95.0 cm³/mol. The van der Waals surface area contributed by atoms with E-state index < -0.39 is 23.0 Å². The highest BCUT2D eigenvalue weighted by Gasteiger charge is 2.65. The van der Waals surface area contributed by atoms with Crippen molar-refractivity contribution in [3.05, 3.63) is 33.8 Å². The number of fused-ring (bicyclic) bond motifs is 1. The van der Waals surface area contributed by atoms with E-state index in [1.807, 2.05) is 0 Å². The zero-order valence-electron chi connectivity index (χ0n) is 14.5. The van der Waals surface area contributed by atoms with Crippen LogP contribution in [0.25, 0.3) is 0 Å². The summed E-state index contributed by atoms with van der Waals surface area (Å²) >= 11 is 12.2. The van der Waals surface area contributed by atoms with Gasteiger partial charge in [-0.05, 0) is 38.5 Å². The summed E-state index contributed by atoms with van der Waals surface area (Å²) in [6, 6.07) is 6.29. The molecule has 0 aliphatic carbocycles. The molecule has 132 valence electrons. The largest absolute Gasteiger partial charge is 0.332 e. The third-order valence-electron chi connectivity index (χ3n) is 5.58. The molecular formula is C18H19Cl2N3O2. The predicted octanol–water partition coefficient (Wildman–Crippen LogP) is 3.42. The molecular weight excluding hydrogens is 361 g/mol. The van der Waals surface area contributed by atoms with E-state index in [-0.39, 0.29) is 18.2 Å².